The Balaban J connectivity index is 1.63. The summed E-state index contributed by atoms with van der Waals surface area (Å²) in [6.07, 6.45) is 0.0680. The number of ether oxygens (including phenoxy) is 2. The van der Waals surface area contributed by atoms with Gasteiger partial charge in [0.15, 0.2) is 0 Å². The van der Waals surface area contributed by atoms with Gasteiger partial charge in [0.2, 0.25) is 0 Å². The number of esters is 1. The van der Waals surface area contributed by atoms with Gasteiger partial charge in [-0.25, -0.2) is 14.0 Å². The van der Waals surface area contributed by atoms with Crippen LogP contribution in [0.25, 0.3) is 16.7 Å². The molecule has 186 valence electrons. The molecule has 8 nitrogen and oxygen atoms in total. The molecule has 1 N–H and O–H groups in total. The van der Waals surface area contributed by atoms with Crippen molar-refractivity contribution in [2.75, 3.05) is 14.2 Å². The Kier molecular flexibility index (Phi) is 7.12. The molecule has 4 aromatic rings. The van der Waals surface area contributed by atoms with Gasteiger partial charge >= 0.3 is 11.7 Å². The quantitative estimate of drug-likeness (QED) is 0.382. The number of aromatic nitrogens is 2. The Morgan fingerprint density at radius 2 is 1.75 bits per heavy atom. The number of imidazole rings is 1. The molecule has 0 saturated heterocycles. The first-order valence-electron chi connectivity index (χ1n) is 10.9. The normalized spacial score (nSPS) is 11.8. The first-order chi connectivity index (χ1) is 17.3. The Morgan fingerprint density at radius 1 is 1.06 bits per heavy atom. The number of amides is 1. The van der Waals surface area contributed by atoms with Crippen LogP contribution in [-0.4, -0.2) is 41.3 Å². The molecule has 0 bridgehead atoms. The van der Waals surface area contributed by atoms with Gasteiger partial charge in [0.05, 0.1) is 36.0 Å². The molecule has 4 rings (SSSR count). The number of carbonyl (C=O) groups is 2. The summed E-state index contributed by atoms with van der Waals surface area (Å²) >= 11 is 5.98. The van der Waals surface area contributed by atoms with Crippen LogP contribution in [-0.2, 0) is 23.0 Å². The van der Waals surface area contributed by atoms with Crippen LogP contribution in [0.15, 0.2) is 65.5 Å². The molecule has 0 aliphatic carbocycles. The summed E-state index contributed by atoms with van der Waals surface area (Å²) in [5, 5.41) is 2.43. The predicted molar refractivity (Wildman–Crippen MR) is 133 cm³/mol. The van der Waals surface area contributed by atoms with Crippen molar-refractivity contribution in [3.8, 4) is 11.4 Å². The van der Waals surface area contributed by atoms with Gasteiger partial charge in [0.25, 0.3) is 5.91 Å². The summed E-state index contributed by atoms with van der Waals surface area (Å²) in [6.45, 7) is 0. The van der Waals surface area contributed by atoms with Crippen LogP contribution in [0.3, 0.4) is 0 Å². The second-order valence-electron chi connectivity index (χ2n) is 8.02. The fraction of sp³-hybridized carbons (Fsp3) is 0.192. The topological polar surface area (TPSA) is 91.6 Å². The zero-order valence-electron chi connectivity index (χ0n) is 19.7. The molecule has 36 heavy (non-hydrogen) atoms. The fourth-order valence-electron chi connectivity index (χ4n) is 4.06. The summed E-state index contributed by atoms with van der Waals surface area (Å²) in [6, 6.07) is 15.1. The van der Waals surface area contributed by atoms with Crippen molar-refractivity contribution in [3.63, 3.8) is 0 Å². The van der Waals surface area contributed by atoms with Crippen molar-refractivity contribution >= 4 is 34.5 Å². The van der Waals surface area contributed by atoms with E-state index in [0.29, 0.717) is 28.0 Å². The molecule has 1 heterocycles. The van der Waals surface area contributed by atoms with Gasteiger partial charge in [-0.2, -0.15) is 0 Å². The van der Waals surface area contributed by atoms with Gasteiger partial charge in [0, 0.05) is 13.5 Å². The summed E-state index contributed by atoms with van der Waals surface area (Å²) < 4.78 is 27.5. The van der Waals surface area contributed by atoms with E-state index in [1.807, 2.05) is 12.1 Å². The molecule has 1 aromatic heterocycles. The van der Waals surface area contributed by atoms with E-state index >= 15 is 0 Å². The highest BCUT2D eigenvalue weighted by Gasteiger charge is 2.25. The molecule has 1 amide bonds. The fourth-order valence-corrected chi connectivity index (χ4v) is 4.31. The van der Waals surface area contributed by atoms with Gasteiger partial charge in [-0.3, -0.25) is 13.9 Å². The third-order valence-corrected chi connectivity index (χ3v) is 6.19. The van der Waals surface area contributed by atoms with Gasteiger partial charge < -0.3 is 14.8 Å². The largest absolute Gasteiger partial charge is 0.494 e. The maximum absolute atomic E-state index is 14.2. The van der Waals surface area contributed by atoms with Gasteiger partial charge in [-0.15, -0.1) is 0 Å². The summed E-state index contributed by atoms with van der Waals surface area (Å²) in [7, 11) is 4.41. The number of rotatable bonds is 7. The Bertz CT molecular complexity index is 1490. The lowest BCUT2D eigenvalue weighted by molar-refractivity contribution is -0.142. The number of halogens is 2. The molecular formula is C26H23ClFN3O5. The number of fused-ring (bicyclic) bond motifs is 1. The van der Waals surface area contributed by atoms with Crippen LogP contribution in [0, 0.1) is 5.82 Å². The molecule has 0 aliphatic heterocycles. The molecule has 10 heteroatoms. The number of aryl methyl sites for hydroxylation is 1. The van der Waals surface area contributed by atoms with Crippen LogP contribution in [0.4, 0.5) is 4.39 Å². The zero-order chi connectivity index (χ0) is 26.0. The van der Waals surface area contributed by atoms with Crippen LogP contribution in [0.1, 0.15) is 15.9 Å². The minimum Gasteiger partial charge on any atom is -0.494 e. The Labute approximate surface area is 210 Å². The zero-order valence-corrected chi connectivity index (χ0v) is 20.5. The van der Waals surface area contributed by atoms with E-state index in [0.717, 1.165) is 6.07 Å². The van der Waals surface area contributed by atoms with Crippen LogP contribution >= 0.6 is 11.6 Å². The first-order valence-corrected chi connectivity index (χ1v) is 11.3. The average Bonchev–Trinajstić information content (AvgIpc) is 3.13. The smallest absolute Gasteiger partial charge is 0.333 e. The highest BCUT2D eigenvalue weighted by molar-refractivity contribution is 6.33. The van der Waals surface area contributed by atoms with Gasteiger partial charge in [-0.05, 0) is 42.0 Å². The number of nitrogens with zero attached hydrogens (tertiary/aromatic N) is 2. The number of hydrogen-bond donors (Lipinski definition) is 1. The van der Waals surface area contributed by atoms with Crippen molar-refractivity contribution < 1.29 is 23.5 Å². The van der Waals surface area contributed by atoms with Crippen LogP contribution < -0.4 is 15.7 Å². The molecule has 0 fully saturated rings. The molecule has 0 saturated carbocycles. The van der Waals surface area contributed by atoms with E-state index in [1.54, 1.807) is 37.4 Å². The molecule has 0 aliphatic rings. The standard InChI is InChI=1S/C26H23ClFN3O5/c1-30-20-8-5-9-21(35-2)23(20)31(26(30)34)16-12-10-15(11-13-16)14-19(25(33)36-3)29-24(32)22-17(27)6-4-7-18(22)28/h4-13,19H,14H2,1-3H3,(H,29,32)/t19-/m0/s1. The van der Waals surface area contributed by atoms with Crippen molar-refractivity contribution in [1.29, 1.82) is 0 Å². The van der Waals surface area contributed by atoms with Gasteiger partial charge in [-0.1, -0.05) is 35.9 Å². The number of hydrogen-bond acceptors (Lipinski definition) is 5. The molecule has 0 spiro atoms. The first kappa shape index (κ1) is 25.0. The second-order valence-corrected chi connectivity index (χ2v) is 8.43. The highest BCUT2D eigenvalue weighted by Crippen LogP contribution is 2.27. The van der Waals surface area contributed by atoms with Crippen molar-refractivity contribution in [3.05, 3.63) is 93.1 Å². The maximum atomic E-state index is 14.2. The van der Waals surface area contributed by atoms with Gasteiger partial charge in [0.1, 0.15) is 23.1 Å². The second kappa shape index (κ2) is 10.2. The van der Waals surface area contributed by atoms with E-state index in [2.05, 4.69) is 5.32 Å². The van der Waals surface area contributed by atoms with E-state index in [4.69, 9.17) is 21.1 Å². The lowest BCUT2D eigenvalue weighted by Crippen LogP contribution is -2.43. The van der Waals surface area contributed by atoms with E-state index < -0.39 is 23.7 Å². The number of benzene rings is 3. The third kappa shape index (κ3) is 4.57. The Hall–Kier alpha value is -4.11. The lowest BCUT2D eigenvalue weighted by Gasteiger charge is -2.17. The van der Waals surface area contributed by atoms with E-state index in [-0.39, 0.29) is 22.7 Å². The van der Waals surface area contributed by atoms with Crippen molar-refractivity contribution in [1.82, 2.24) is 14.5 Å². The SMILES string of the molecule is COC(=O)[C@H](Cc1ccc(-n2c(=O)n(C)c3cccc(OC)c32)cc1)NC(=O)c1c(F)cccc1Cl. The van der Waals surface area contributed by atoms with E-state index in [1.165, 1.54) is 35.5 Å². The summed E-state index contributed by atoms with van der Waals surface area (Å²) in [5.74, 6) is -1.78. The van der Waals surface area contributed by atoms with Crippen LogP contribution in [0.2, 0.25) is 5.02 Å². The molecule has 0 unspecified atom stereocenters. The molecule has 0 radical (unpaired) electrons. The molecule has 3 aromatic carbocycles. The predicted octanol–water partition coefficient (Wildman–Crippen LogP) is 3.64. The number of methoxy groups -OCH3 is 2. The lowest BCUT2D eigenvalue weighted by atomic mass is 10.0. The molecule has 1 atom stereocenters. The number of carbonyl (C=O) groups excluding carboxylic acids is 2. The maximum Gasteiger partial charge on any atom is 0.333 e. The molecular weight excluding hydrogens is 489 g/mol. The monoisotopic (exact) mass is 511 g/mol. The summed E-state index contributed by atoms with van der Waals surface area (Å²) in [4.78, 5) is 38.0. The summed E-state index contributed by atoms with van der Waals surface area (Å²) in [5.41, 5.74) is 2.01. The highest BCUT2D eigenvalue weighted by atomic mass is 35.5. The van der Waals surface area contributed by atoms with Crippen molar-refractivity contribution in [2.24, 2.45) is 7.05 Å². The number of nitrogens with one attached hydrogen (secondary N) is 1. The minimum atomic E-state index is -1.09. The van der Waals surface area contributed by atoms with Crippen molar-refractivity contribution in [2.45, 2.75) is 12.5 Å². The number of para-hydroxylation sites is 1. The minimum absolute atomic E-state index is 0.0680. The Morgan fingerprint density at radius 3 is 2.39 bits per heavy atom. The average molecular weight is 512 g/mol. The van der Waals surface area contributed by atoms with E-state index in [9.17, 15) is 18.8 Å². The van der Waals surface area contributed by atoms with Crippen LogP contribution in [0.5, 0.6) is 5.75 Å². The third-order valence-electron chi connectivity index (χ3n) is 5.88.